The van der Waals surface area contributed by atoms with E-state index in [0.29, 0.717) is 0 Å². The summed E-state index contributed by atoms with van der Waals surface area (Å²) in [6, 6.07) is 9.95. The highest BCUT2D eigenvalue weighted by Crippen LogP contribution is 2.28. The zero-order chi connectivity index (χ0) is 12.5. The molecule has 0 radical (unpaired) electrons. The molecule has 1 aromatic carbocycles. The van der Waals surface area contributed by atoms with Crippen LogP contribution in [0.25, 0.3) is 0 Å². The summed E-state index contributed by atoms with van der Waals surface area (Å²) < 4.78 is 11.1. The van der Waals surface area contributed by atoms with Crippen molar-refractivity contribution in [2.24, 2.45) is 5.92 Å². The molecule has 1 saturated carbocycles. The molecule has 0 spiro atoms. The summed E-state index contributed by atoms with van der Waals surface area (Å²) in [5, 5.41) is 3.36. The van der Waals surface area contributed by atoms with Gasteiger partial charge in [0.1, 0.15) is 5.75 Å². The largest absolute Gasteiger partial charge is 0.494 e. The molecule has 1 N–H and O–H groups in total. The molecule has 0 aliphatic heterocycles. The van der Waals surface area contributed by atoms with Crippen LogP contribution in [0.2, 0.25) is 0 Å². The third-order valence-electron chi connectivity index (χ3n) is 2.98. The first-order valence-electron chi connectivity index (χ1n) is 6.91. The molecule has 0 atom stereocenters. The lowest BCUT2D eigenvalue weighted by atomic mass is 10.3. The third kappa shape index (κ3) is 6.03. The molecule has 0 heterocycles. The lowest BCUT2D eigenvalue weighted by molar-refractivity contribution is 0.126. The highest BCUT2D eigenvalue weighted by atomic mass is 16.5. The second-order valence-electron chi connectivity index (χ2n) is 4.78. The van der Waals surface area contributed by atoms with Crippen LogP contribution < -0.4 is 10.1 Å². The molecule has 0 unspecified atom stereocenters. The molecule has 18 heavy (non-hydrogen) atoms. The minimum absolute atomic E-state index is 0.764. The maximum absolute atomic E-state index is 5.60. The fourth-order valence-electron chi connectivity index (χ4n) is 1.71. The van der Waals surface area contributed by atoms with Crippen LogP contribution in [-0.4, -0.2) is 32.9 Å². The first kappa shape index (κ1) is 13.4. The van der Waals surface area contributed by atoms with Gasteiger partial charge in [-0.2, -0.15) is 0 Å². The Morgan fingerprint density at radius 1 is 1.06 bits per heavy atom. The van der Waals surface area contributed by atoms with Crippen molar-refractivity contribution in [2.75, 3.05) is 32.9 Å². The Morgan fingerprint density at radius 3 is 2.67 bits per heavy atom. The van der Waals surface area contributed by atoms with Crippen molar-refractivity contribution >= 4 is 0 Å². The molecular formula is C15H23NO2. The van der Waals surface area contributed by atoms with Crippen LogP contribution in [-0.2, 0) is 4.74 Å². The Labute approximate surface area is 109 Å². The van der Waals surface area contributed by atoms with Crippen molar-refractivity contribution < 1.29 is 9.47 Å². The minimum Gasteiger partial charge on any atom is -0.494 e. The summed E-state index contributed by atoms with van der Waals surface area (Å²) in [4.78, 5) is 0. The molecule has 1 fully saturated rings. The van der Waals surface area contributed by atoms with Crippen LogP contribution in [0.15, 0.2) is 30.3 Å². The Bertz CT molecular complexity index is 312. The molecule has 1 aliphatic rings. The van der Waals surface area contributed by atoms with E-state index in [2.05, 4.69) is 5.32 Å². The predicted octanol–water partition coefficient (Wildman–Crippen LogP) is 2.47. The first-order chi connectivity index (χ1) is 8.95. The van der Waals surface area contributed by atoms with Crippen LogP contribution in [0.5, 0.6) is 5.75 Å². The topological polar surface area (TPSA) is 30.5 Å². The van der Waals surface area contributed by atoms with E-state index >= 15 is 0 Å². The Kier molecular flexibility index (Phi) is 6.03. The quantitative estimate of drug-likeness (QED) is 0.646. The molecule has 1 aliphatic carbocycles. The normalized spacial score (nSPS) is 14.7. The summed E-state index contributed by atoms with van der Waals surface area (Å²) in [7, 11) is 0. The predicted molar refractivity (Wildman–Crippen MR) is 73.0 cm³/mol. The summed E-state index contributed by atoms with van der Waals surface area (Å²) in [6.45, 7) is 4.48. The third-order valence-corrected chi connectivity index (χ3v) is 2.98. The molecule has 2 rings (SSSR count). The van der Waals surface area contributed by atoms with Gasteiger partial charge in [0.25, 0.3) is 0 Å². The summed E-state index contributed by atoms with van der Waals surface area (Å²) in [6.07, 6.45) is 3.76. The maximum Gasteiger partial charge on any atom is 0.119 e. The van der Waals surface area contributed by atoms with Gasteiger partial charge in [-0.15, -0.1) is 0 Å². The summed E-state index contributed by atoms with van der Waals surface area (Å²) in [5.74, 6) is 1.81. The SMILES string of the molecule is c1ccc(OCCCNCCOCC2CC2)cc1. The van der Waals surface area contributed by atoms with E-state index in [-0.39, 0.29) is 0 Å². The maximum atomic E-state index is 5.60. The van der Waals surface area contributed by atoms with Gasteiger partial charge in [0.05, 0.1) is 13.2 Å². The van der Waals surface area contributed by atoms with Gasteiger partial charge >= 0.3 is 0 Å². The Balaban J connectivity index is 1.35. The van der Waals surface area contributed by atoms with Crippen LogP contribution >= 0.6 is 0 Å². The van der Waals surface area contributed by atoms with Crippen molar-refractivity contribution in [3.63, 3.8) is 0 Å². The van der Waals surface area contributed by atoms with Crippen molar-refractivity contribution in [1.29, 1.82) is 0 Å². The molecule has 1 aromatic rings. The molecule has 3 heteroatoms. The minimum atomic E-state index is 0.764. The number of benzene rings is 1. The van der Waals surface area contributed by atoms with Crippen LogP contribution in [0.3, 0.4) is 0 Å². The molecular weight excluding hydrogens is 226 g/mol. The van der Waals surface area contributed by atoms with Gasteiger partial charge in [0.15, 0.2) is 0 Å². The van der Waals surface area contributed by atoms with E-state index in [0.717, 1.165) is 51.0 Å². The van der Waals surface area contributed by atoms with E-state index in [1.165, 1.54) is 12.8 Å². The molecule has 3 nitrogen and oxygen atoms in total. The van der Waals surface area contributed by atoms with Crippen molar-refractivity contribution in [1.82, 2.24) is 5.32 Å². The molecule has 0 aromatic heterocycles. The van der Waals surface area contributed by atoms with Crippen LogP contribution in [0, 0.1) is 5.92 Å². The zero-order valence-electron chi connectivity index (χ0n) is 10.9. The number of para-hydroxylation sites is 1. The standard InChI is InChI=1S/C15H23NO2/c1-2-5-15(6-3-1)18-11-4-9-16-10-12-17-13-14-7-8-14/h1-3,5-6,14,16H,4,7-13H2. The number of hydrogen-bond acceptors (Lipinski definition) is 3. The second kappa shape index (κ2) is 8.11. The van der Waals surface area contributed by atoms with E-state index < -0.39 is 0 Å². The molecule has 100 valence electrons. The van der Waals surface area contributed by atoms with Crippen molar-refractivity contribution in [2.45, 2.75) is 19.3 Å². The molecule has 0 amide bonds. The summed E-state index contributed by atoms with van der Waals surface area (Å²) >= 11 is 0. The van der Waals surface area contributed by atoms with Gasteiger partial charge in [-0.05, 0) is 43.9 Å². The van der Waals surface area contributed by atoms with Gasteiger partial charge in [0.2, 0.25) is 0 Å². The Morgan fingerprint density at radius 2 is 1.89 bits per heavy atom. The highest BCUT2D eigenvalue weighted by Gasteiger charge is 2.20. The lowest BCUT2D eigenvalue weighted by Crippen LogP contribution is -2.22. The zero-order valence-corrected chi connectivity index (χ0v) is 10.9. The lowest BCUT2D eigenvalue weighted by Gasteiger charge is -2.07. The van der Waals surface area contributed by atoms with E-state index in [1.54, 1.807) is 0 Å². The second-order valence-corrected chi connectivity index (χ2v) is 4.78. The molecule has 0 bridgehead atoms. The summed E-state index contributed by atoms with van der Waals surface area (Å²) in [5.41, 5.74) is 0. The average Bonchev–Trinajstić information content (AvgIpc) is 3.22. The monoisotopic (exact) mass is 249 g/mol. The van der Waals surface area contributed by atoms with Crippen molar-refractivity contribution in [3.8, 4) is 5.75 Å². The number of ether oxygens (including phenoxy) is 2. The number of rotatable bonds is 10. The van der Waals surface area contributed by atoms with E-state index in [4.69, 9.17) is 9.47 Å². The molecule has 0 saturated heterocycles. The highest BCUT2D eigenvalue weighted by molar-refractivity contribution is 5.20. The van der Waals surface area contributed by atoms with Crippen LogP contribution in [0.1, 0.15) is 19.3 Å². The number of hydrogen-bond donors (Lipinski definition) is 1. The van der Waals surface area contributed by atoms with Gasteiger partial charge in [-0.25, -0.2) is 0 Å². The smallest absolute Gasteiger partial charge is 0.119 e. The van der Waals surface area contributed by atoms with E-state index in [1.807, 2.05) is 30.3 Å². The van der Waals surface area contributed by atoms with Gasteiger partial charge in [0, 0.05) is 13.2 Å². The van der Waals surface area contributed by atoms with Gasteiger partial charge < -0.3 is 14.8 Å². The van der Waals surface area contributed by atoms with Gasteiger partial charge in [-0.3, -0.25) is 0 Å². The fraction of sp³-hybridized carbons (Fsp3) is 0.600. The fourth-order valence-corrected chi connectivity index (χ4v) is 1.71. The van der Waals surface area contributed by atoms with E-state index in [9.17, 15) is 0 Å². The Hall–Kier alpha value is -1.06. The van der Waals surface area contributed by atoms with Crippen molar-refractivity contribution in [3.05, 3.63) is 30.3 Å². The van der Waals surface area contributed by atoms with Gasteiger partial charge in [-0.1, -0.05) is 18.2 Å². The van der Waals surface area contributed by atoms with Crippen LogP contribution in [0.4, 0.5) is 0 Å². The average molecular weight is 249 g/mol. The number of nitrogens with one attached hydrogen (secondary N) is 1. The first-order valence-corrected chi connectivity index (χ1v) is 6.91.